The number of Topliss-reactive ketones (excluding diaryl/α,β-unsaturated/α-hetero) is 1. The van der Waals surface area contributed by atoms with Crippen LogP contribution < -0.4 is 4.74 Å². The van der Waals surface area contributed by atoms with Crippen LogP contribution in [-0.4, -0.2) is 50.1 Å². The molecule has 1 aromatic carbocycles. The van der Waals surface area contributed by atoms with Crippen LogP contribution >= 0.6 is 0 Å². The van der Waals surface area contributed by atoms with E-state index in [9.17, 15) is 19.8 Å². The molecule has 2 aromatic rings. The minimum atomic E-state index is -1.59. The van der Waals surface area contributed by atoms with Crippen molar-refractivity contribution in [2.45, 2.75) is 58.2 Å². The molecule has 0 bridgehead atoms. The van der Waals surface area contributed by atoms with Crippen molar-refractivity contribution in [3.63, 3.8) is 0 Å². The first-order valence-corrected chi connectivity index (χ1v) is 13.3. The van der Waals surface area contributed by atoms with Crippen LogP contribution in [0.25, 0.3) is 11.0 Å². The van der Waals surface area contributed by atoms with Crippen molar-refractivity contribution in [3.05, 3.63) is 54.3 Å². The molecular weight excluding hydrogens is 468 g/mol. The third-order valence-corrected chi connectivity index (χ3v) is 10.2. The zero-order valence-corrected chi connectivity index (χ0v) is 21.6. The summed E-state index contributed by atoms with van der Waals surface area (Å²) in [5.74, 6) is 0.223. The summed E-state index contributed by atoms with van der Waals surface area (Å²) < 4.78 is 5.73. The first-order valence-electron chi connectivity index (χ1n) is 13.3. The number of para-hydroxylation sites is 2. The Kier molecular flexibility index (Phi) is 5.48. The van der Waals surface area contributed by atoms with E-state index in [1.54, 1.807) is 12.2 Å². The fourth-order valence-corrected chi connectivity index (χ4v) is 8.48. The zero-order chi connectivity index (χ0) is 26.2. The van der Waals surface area contributed by atoms with Gasteiger partial charge in [0.25, 0.3) is 0 Å². The monoisotopic (exact) mass is 502 g/mol. The summed E-state index contributed by atoms with van der Waals surface area (Å²) in [7, 11) is 0. The van der Waals surface area contributed by atoms with Crippen molar-refractivity contribution in [2.24, 2.45) is 34.5 Å². The number of hydrogen-bond donors (Lipinski definition) is 2. The average molecular weight is 503 g/mol. The van der Waals surface area contributed by atoms with Crippen LogP contribution in [0.4, 0.5) is 0 Å². The third kappa shape index (κ3) is 3.47. The Hall–Kier alpha value is -2.90. The van der Waals surface area contributed by atoms with E-state index in [-0.39, 0.29) is 47.7 Å². The number of nitrogens with zero attached hydrogens (tertiary/aromatic N) is 2. The van der Waals surface area contributed by atoms with E-state index >= 15 is 0 Å². The van der Waals surface area contributed by atoms with E-state index in [0.717, 1.165) is 17.5 Å². The predicted molar refractivity (Wildman–Crippen MR) is 138 cm³/mol. The van der Waals surface area contributed by atoms with E-state index in [1.807, 2.05) is 37.3 Å². The third-order valence-electron chi connectivity index (χ3n) is 10.2. The van der Waals surface area contributed by atoms with Gasteiger partial charge in [-0.15, -0.1) is 0 Å². The van der Waals surface area contributed by atoms with Crippen molar-refractivity contribution < 1.29 is 24.5 Å². The molecule has 1 heterocycles. The number of aromatic nitrogens is 2. The standard InChI is InChI=1S/C30H34N2O5/c1-17-12-19-20-9-11-30(36,25(35)16-37-26-15-31-22-6-4-5-7-23(22)32-26)29(20,3)14-24(34)27(19)28(2)10-8-18(33)13-21(17)28/h4-8,10,13,15,17,19-20,24,27,34,36H,9,11-12,14,16H2,1-3H3/t17-,19?,20?,24?,27?,28?,29?,30-/m0/s1. The molecule has 0 amide bonds. The number of carbonyl (C=O) groups excluding carboxylic acids is 2. The molecular formula is C30H34N2O5. The molecule has 0 aliphatic heterocycles. The van der Waals surface area contributed by atoms with Gasteiger partial charge in [0.2, 0.25) is 11.7 Å². The quantitative estimate of drug-likeness (QED) is 0.654. The highest BCUT2D eigenvalue weighted by molar-refractivity contribution is 6.01. The normalized spacial score (nSPS) is 40.5. The highest BCUT2D eigenvalue weighted by atomic mass is 16.5. The van der Waals surface area contributed by atoms with Gasteiger partial charge in [-0.3, -0.25) is 9.59 Å². The zero-order valence-electron chi connectivity index (χ0n) is 21.6. The predicted octanol–water partition coefficient (Wildman–Crippen LogP) is 3.83. The lowest BCUT2D eigenvalue weighted by Gasteiger charge is -2.60. The minimum Gasteiger partial charge on any atom is -0.468 e. The number of carbonyl (C=O) groups is 2. The van der Waals surface area contributed by atoms with E-state index in [0.29, 0.717) is 24.8 Å². The van der Waals surface area contributed by atoms with Crippen LogP contribution in [0, 0.1) is 34.5 Å². The van der Waals surface area contributed by atoms with Gasteiger partial charge in [-0.05, 0) is 67.7 Å². The van der Waals surface area contributed by atoms with Crippen molar-refractivity contribution in [1.82, 2.24) is 9.97 Å². The molecule has 1 aromatic heterocycles. The molecule has 8 atom stereocenters. The summed E-state index contributed by atoms with van der Waals surface area (Å²) in [6.45, 7) is 5.94. The molecule has 4 aliphatic rings. The molecule has 37 heavy (non-hydrogen) atoms. The summed E-state index contributed by atoms with van der Waals surface area (Å²) in [5.41, 5.74) is -0.256. The lowest BCUT2D eigenvalue weighted by molar-refractivity contribution is -0.179. The maximum absolute atomic E-state index is 13.6. The van der Waals surface area contributed by atoms with E-state index in [2.05, 4.69) is 23.8 Å². The number of fused-ring (bicyclic) bond motifs is 6. The maximum atomic E-state index is 13.6. The van der Waals surface area contributed by atoms with Crippen molar-refractivity contribution in [1.29, 1.82) is 0 Å². The molecule has 7 heteroatoms. The molecule has 6 rings (SSSR count). The van der Waals surface area contributed by atoms with Gasteiger partial charge in [0, 0.05) is 16.7 Å². The first-order chi connectivity index (χ1) is 17.6. The Morgan fingerprint density at radius 3 is 2.76 bits per heavy atom. The number of aliphatic hydroxyl groups is 2. The van der Waals surface area contributed by atoms with Crippen LogP contribution in [-0.2, 0) is 9.59 Å². The van der Waals surface area contributed by atoms with Gasteiger partial charge in [0.05, 0.1) is 23.3 Å². The van der Waals surface area contributed by atoms with Crippen molar-refractivity contribution >= 4 is 22.6 Å². The van der Waals surface area contributed by atoms with Gasteiger partial charge >= 0.3 is 0 Å². The SMILES string of the molecule is C[C@H]1CC2C(C(O)CC3(C)C2CC[C@]3(O)C(=O)COc2cnc3ccccc3n2)C2(C)C=CC(=O)C=C12. The Morgan fingerprint density at radius 1 is 1.22 bits per heavy atom. The number of aliphatic hydroxyl groups excluding tert-OH is 1. The average Bonchev–Trinajstić information content (AvgIpc) is 3.14. The smallest absolute Gasteiger partial charge is 0.233 e. The summed E-state index contributed by atoms with van der Waals surface area (Å²) in [4.78, 5) is 34.5. The summed E-state index contributed by atoms with van der Waals surface area (Å²) in [6.07, 6.45) is 8.37. The van der Waals surface area contributed by atoms with Crippen LogP contribution in [0.3, 0.4) is 0 Å². The fraction of sp³-hybridized carbons (Fsp3) is 0.533. The second-order valence-electron chi connectivity index (χ2n) is 12.0. The lowest BCUT2D eigenvalue weighted by atomic mass is 9.45. The van der Waals surface area contributed by atoms with E-state index in [1.165, 1.54) is 6.20 Å². The Labute approximate surface area is 216 Å². The number of ether oxygens (including phenoxy) is 1. The molecule has 194 valence electrons. The number of benzene rings is 1. The Balaban J connectivity index is 1.26. The number of ketones is 2. The molecule has 3 fully saturated rings. The fourth-order valence-electron chi connectivity index (χ4n) is 8.48. The van der Waals surface area contributed by atoms with Gasteiger partial charge in [-0.1, -0.05) is 44.6 Å². The molecule has 2 N–H and O–H groups in total. The van der Waals surface area contributed by atoms with E-state index < -0.39 is 22.5 Å². The summed E-state index contributed by atoms with van der Waals surface area (Å²) >= 11 is 0. The highest BCUT2D eigenvalue weighted by Gasteiger charge is 2.68. The van der Waals surface area contributed by atoms with Crippen LogP contribution in [0.5, 0.6) is 5.88 Å². The van der Waals surface area contributed by atoms with E-state index in [4.69, 9.17) is 4.74 Å². The highest BCUT2D eigenvalue weighted by Crippen LogP contribution is 2.67. The number of allylic oxidation sites excluding steroid dienone is 4. The lowest BCUT2D eigenvalue weighted by Crippen LogP contribution is -2.62. The van der Waals surface area contributed by atoms with Crippen LogP contribution in [0.2, 0.25) is 0 Å². The second-order valence-corrected chi connectivity index (χ2v) is 12.0. The van der Waals surface area contributed by atoms with Gasteiger partial charge in [0.15, 0.2) is 12.4 Å². The largest absolute Gasteiger partial charge is 0.468 e. The first kappa shape index (κ1) is 24.4. The minimum absolute atomic E-state index is 0.00449. The molecule has 7 nitrogen and oxygen atoms in total. The summed E-state index contributed by atoms with van der Waals surface area (Å²) in [6, 6.07) is 7.43. The summed E-state index contributed by atoms with van der Waals surface area (Å²) in [5, 5.41) is 23.5. The van der Waals surface area contributed by atoms with Crippen molar-refractivity contribution in [3.8, 4) is 5.88 Å². The van der Waals surface area contributed by atoms with Gasteiger partial charge in [-0.25, -0.2) is 9.97 Å². The van der Waals surface area contributed by atoms with Gasteiger partial charge < -0.3 is 14.9 Å². The molecule has 4 aliphatic carbocycles. The molecule has 0 radical (unpaired) electrons. The number of hydrogen-bond acceptors (Lipinski definition) is 7. The Bertz CT molecular complexity index is 1350. The molecule has 3 saturated carbocycles. The second kappa shape index (κ2) is 8.30. The van der Waals surface area contributed by atoms with Gasteiger partial charge in [0.1, 0.15) is 5.60 Å². The Morgan fingerprint density at radius 2 is 1.97 bits per heavy atom. The van der Waals surface area contributed by atoms with Crippen LogP contribution in [0.1, 0.15) is 46.5 Å². The van der Waals surface area contributed by atoms with Gasteiger partial charge in [-0.2, -0.15) is 0 Å². The molecule has 6 unspecified atom stereocenters. The topological polar surface area (TPSA) is 110 Å². The molecule has 0 saturated heterocycles. The maximum Gasteiger partial charge on any atom is 0.233 e. The van der Waals surface area contributed by atoms with Crippen molar-refractivity contribution in [2.75, 3.05) is 6.61 Å². The molecule has 0 spiro atoms. The van der Waals surface area contributed by atoms with Crippen LogP contribution in [0.15, 0.2) is 54.3 Å². The number of rotatable bonds is 4.